The summed E-state index contributed by atoms with van der Waals surface area (Å²) in [5.41, 5.74) is 2.15. The Morgan fingerprint density at radius 2 is 1.65 bits per heavy atom. The molecule has 1 rings (SSSR count). The molecule has 3 nitrogen and oxygen atoms in total. The van der Waals surface area contributed by atoms with Gasteiger partial charge in [-0.2, -0.15) is 0 Å². The Morgan fingerprint density at radius 3 is 2.00 bits per heavy atom. The Kier molecular flexibility index (Phi) is 5.36. The van der Waals surface area contributed by atoms with Crippen molar-refractivity contribution in [3.8, 4) is 17.2 Å². The van der Waals surface area contributed by atoms with Crippen LogP contribution in [-0.2, 0) is 4.43 Å². The van der Waals surface area contributed by atoms with Crippen molar-refractivity contribution in [3.05, 3.63) is 17.2 Å². The highest BCUT2D eigenvalue weighted by Crippen LogP contribution is 2.44. The van der Waals surface area contributed by atoms with Crippen LogP contribution in [-0.4, -0.2) is 21.3 Å². The zero-order chi connectivity index (χ0) is 13.0. The Balaban J connectivity index is 3.56. The van der Waals surface area contributed by atoms with Gasteiger partial charge < -0.3 is 14.2 Å². The largest absolute Gasteiger partial charge is 0.496 e. The lowest BCUT2D eigenvalue weighted by Crippen LogP contribution is -2.03. The maximum Gasteiger partial charge on any atom is 0.168 e. The van der Waals surface area contributed by atoms with Crippen molar-refractivity contribution in [1.29, 1.82) is 0 Å². The molecule has 96 valence electrons. The van der Waals surface area contributed by atoms with E-state index in [1.165, 1.54) is 0 Å². The lowest BCUT2D eigenvalue weighted by atomic mass is 9.98. The summed E-state index contributed by atoms with van der Waals surface area (Å²) in [6, 6.07) is 2.03. The van der Waals surface area contributed by atoms with Crippen LogP contribution in [0.15, 0.2) is 6.07 Å². The fraction of sp³-hybridized carbons (Fsp3) is 0.538. The van der Waals surface area contributed by atoms with Crippen LogP contribution >= 0.6 is 22.6 Å². The standard InChI is InChI=1S/C13H19IO3/c1-8(2)11-10(15-3)6-9(7-14)12(16-4)13(11)17-5/h6,8H,7H2,1-5H3. The number of methoxy groups -OCH3 is 3. The summed E-state index contributed by atoms with van der Waals surface area (Å²) in [4.78, 5) is 0. The molecule has 0 heterocycles. The van der Waals surface area contributed by atoms with E-state index in [0.29, 0.717) is 5.92 Å². The number of hydrogen-bond acceptors (Lipinski definition) is 3. The summed E-state index contributed by atoms with van der Waals surface area (Å²) in [5, 5.41) is 0. The van der Waals surface area contributed by atoms with Crippen molar-refractivity contribution in [2.75, 3.05) is 21.3 Å². The highest BCUT2D eigenvalue weighted by atomic mass is 127. The third-order valence-electron chi connectivity index (χ3n) is 2.66. The quantitative estimate of drug-likeness (QED) is 0.598. The Labute approximate surface area is 117 Å². The Morgan fingerprint density at radius 1 is 1.06 bits per heavy atom. The highest BCUT2D eigenvalue weighted by Gasteiger charge is 2.21. The number of halogens is 1. The van der Waals surface area contributed by atoms with Crippen molar-refractivity contribution < 1.29 is 14.2 Å². The number of alkyl halides is 1. The summed E-state index contributed by atoms with van der Waals surface area (Å²) in [5.74, 6) is 2.78. The van der Waals surface area contributed by atoms with E-state index in [9.17, 15) is 0 Å². The summed E-state index contributed by atoms with van der Waals surface area (Å²) in [6.07, 6.45) is 0. The van der Waals surface area contributed by atoms with E-state index in [1.54, 1.807) is 21.3 Å². The molecule has 0 aliphatic rings. The topological polar surface area (TPSA) is 27.7 Å². The molecule has 4 heteroatoms. The zero-order valence-electron chi connectivity index (χ0n) is 11.0. The molecule has 0 spiro atoms. The fourth-order valence-electron chi connectivity index (χ4n) is 1.92. The van der Waals surface area contributed by atoms with Crippen molar-refractivity contribution in [2.45, 2.75) is 24.2 Å². The van der Waals surface area contributed by atoms with E-state index in [0.717, 1.165) is 32.8 Å². The molecule has 0 amide bonds. The number of rotatable bonds is 5. The minimum Gasteiger partial charge on any atom is -0.496 e. The second-order valence-electron chi connectivity index (χ2n) is 4.01. The maximum atomic E-state index is 5.51. The van der Waals surface area contributed by atoms with Crippen LogP contribution in [0.3, 0.4) is 0 Å². The SMILES string of the molecule is COc1cc(CI)c(OC)c(OC)c1C(C)C. The summed E-state index contributed by atoms with van der Waals surface area (Å²) in [7, 11) is 5.02. The van der Waals surface area contributed by atoms with E-state index in [2.05, 4.69) is 36.4 Å². The molecule has 0 N–H and O–H groups in total. The summed E-state index contributed by atoms with van der Waals surface area (Å²) < 4.78 is 17.3. The predicted molar refractivity (Wildman–Crippen MR) is 77.9 cm³/mol. The van der Waals surface area contributed by atoms with E-state index in [4.69, 9.17) is 14.2 Å². The van der Waals surface area contributed by atoms with Crippen molar-refractivity contribution >= 4 is 22.6 Å². The maximum absolute atomic E-state index is 5.51. The van der Waals surface area contributed by atoms with Gasteiger partial charge in [-0.25, -0.2) is 0 Å². The normalized spacial score (nSPS) is 10.5. The van der Waals surface area contributed by atoms with Gasteiger partial charge >= 0.3 is 0 Å². The molecular formula is C13H19IO3. The first-order valence-corrected chi connectivity index (χ1v) is 7.00. The molecule has 0 aliphatic heterocycles. The van der Waals surface area contributed by atoms with Crippen LogP contribution in [0.5, 0.6) is 17.2 Å². The Bertz CT molecular complexity index is 389. The summed E-state index contributed by atoms with van der Waals surface area (Å²) in [6.45, 7) is 4.23. The van der Waals surface area contributed by atoms with Gasteiger partial charge in [0, 0.05) is 15.6 Å². The summed E-state index contributed by atoms with van der Waals surface area (Å²) >= 11 is 2.31. The second kappa shape index (κ2) is 6.33. The Hall–Kier alpha value is -0.650. The van der Waals surface area contributed by atoms with Gasteiger partial charge in [0.2, 0.25) is 0 Å². The third-order valence-corrected chi connectivity index (χ3v) is 3.48. The van der Waals surface area contributed by atoms with Crippen LogP contribution in [0.4, 0.5) is 0 Å². The van der Waals surface area contributed by atoms with Crippen LogP contribution in [0, 0.1) is 0 Å². The van der Waals surface area contributed by atoms with Gasteiger partial charge in [0.25, 0.3) is 0 Å². The number of ether oxygens (including phenoxy) is 3. The van der Waals surface area contributed by atoms with Crippen LogP contribution in [0.25, 0.3) is 0 Å². The monoisotopic (exact) mass is 350 g/mol. The van der Waals surface area contributed by atoms with Gasteiger partial charge in [-0.05, 0) is 12.0 Å². The zero-order valence-corrected chi connectivity index (χ0v) is 13.1. The molecular weight excluding hydrogens is 331 g/mol. The molecule has 0 atom stereocenters. The van der Waals surface area contributed by atoms with Gasteiger partial charge in [0.05, 0.1) is 21.3 Å². The lowest BCUT2D eigenvalue weighted by molar-refractivity contribution is 0.339. The first kappa shape index (κ1) is 14.4. The molecule has 0 fully saturated rings. The fourth-order valence-corrected chi connectivity index (χ4v) is 2.49. The lowest BCUT2D eigenvalue weighted by Gasteiger charge is -2.20. The van der Waals surface area contributed by atoms with E-state index in [-0.39, 0.29) is 0 Å². The van der Waals surface area contributed by atoms with E-state index >= 15 is 0 Å². The average molecular weight is 350 g/mol. The van der Waals surface area contributed by atoms with Crippen LogP contribution in [0.2, 0.25) is 0 Å². The van der Waals surface area contributed by atoms with Crippen molar-refractivity contribution in [1.82, 2.24) is 0 Å². The van der Waals surface area contributed by atoms with Crippen LogP contribution < -0.4 is 14.2 Å². The minimum atomic E-state index is 0.317. The number of benzene rings is 1. The van der Waals surface area contributed by atoms with E-state index in [1.807, 2.05) is 6.07 Å². The molecule has 0 aliphatic carbocycles. The first-order chi connectivity index (χ1) is 8.10. The molecule has 0 saturated heterocycles. The molecule has 0 unspecified atom stereocenters. The molecule has 17 heavy (non-hydrogen) atoms. The molecule has 0 aromatic heterocycles. The molecule has 0 bridgehead atoms. The van der Waals surface area contributed by atoms with Gasteiger partial charge in [0.1, 0.15) is 5.75 Å². The van der Waals surface area contributed by atoms with Crippen molar-refractivity contribution in [2.24, 2.45) is 0 Å². The average Bonchev–Trinajstić information content (AvgIpc) is 2.35. The van der Waals surface area contributed by atoms with Crippen LogP contribution in [0.1, 0.15) is 30.9 Å². The second-order valence-corrected chi connectivity index (χ2v) is 4.77. The predicted octanol–water partition coefficient (Wildman–Crippen LogP) is 3.77. The number of hydrogen-bond donors (Lipinski definition) is 0. The molecule has 0 saturated carbocycles. The van der Waals surface area contributed by atoms with Gasteiger partial charge in [-0.3, -0.25) is 0 Å². The minimum absolute atomic E-state index is 0.317. The highest BCUT2D eigenvalue weighted by molar-refractivity contribution is 14.1. The molecule has 1 aromatic carbocycles. The van der Waals surface area contributed by atoms with E-state index < -0.39 is 0 Å². The third kappa shape index (κ3) is 2.78. The van der Waals surface area contributed by atoms with Gasteiger partial charge in [-0.1, -0.05) is 36.4 Å². The van der Waals surface area contributed by atoms with Crippen molar-refractivity contribution in [3.63, 3.8) is 0 Å². The first-order valence-electron chi connectivity index (χ1n) is 5.48. The smallest absolute Gasteiger partial charge is 0.168 e. The molecule has 1 aromatic rings. The molecule has 0 radical (unpaired) electrons. The van der Waals surface area contributed by atoms with Gasteiger partial charge in [0.15, 0.2) is 11.5 Å². The van der Waals surface area contributed by atoms with Gasteiger partial charge in [-0.15, -0.1) is 0 Å².